The van der Waals surface area contributed by atoms with E-state index in [9.17, 15) is 4.79 Å². The molecule has 0 heterocycles. The summed E-state index contributed by atoms with van der Waals surface area (Å²) in [4.78, 5) is 11.6. The molecule has 1 aromatic rings. The van der Waals surface area contributed by atoms with E-state index in [1.54, 1.807) is 0 Å². The lowest BCUT2D eigenvalue weighted by Gasteiger charge is -2.18. The van der Waals surface area contributed by atoms with E-state index < -0.39 is 0 Å². The SMILES string of the molecule is CC[C@H](NCC(=O)NC1CC1)c1ccccc1Br. The minimum atomic E-state index is 0.100. The second-order valence-corrected chi connectivity index (χ2v) is 5.56. The van der Waals surface area contributed by atoms with E-state index in [4.69, 9.17) is 0 Å². The van der Waals surface area contributed by atoms with Crippen LogP contribution in [0.1, 0.15) is 37.8 Å². The van der Waals surface area contributed by atoms with Gasteiger partial charge in [0, 0.05) is 16.6 Å². The minimum Gasteiger partial charge on any atom is -0.352 e. The van der Waals surface area contributed by atoms with Crippen molar-refractivity contribution in [3.05, 3.63) is 34.3 Å². The number of benzene rings is 1. The summed E-state index contributed by atoms with van der Waals surface area (Å²) in [5, 5.41) is 6.30. The maximum absolute atomic E-state index is 11.6. The van der Waals surface area contributed by atoms with Gasteiger partial charge in [-0.2, -0.15) is 0 Å². The Bertz CT molecular complexity index is 418. The van der Waals surface area contributed by atoms with Crippen molar-refractivity contribution in [2.75, 3.05) is 6.54 Å². The van der Waals surface area contributed by atoms with E-state index in [-0.39, 0.29) is 11.9 Å². The van der Waals surface area contributed by atoms with Crippen LogP contribution in [0.25, 0.3) is 0 Å². The maximum atomic E-state index is 11.6. The third kappa shape index (κ3) is 3.82. The summed E-state index contributed by atoms with van der Waals surface area (Å²) in [6.07, 6.45) is 3.22. The Morgan fingerprint density at radius 1 is 1.44 bits per heavy atom. The van der Waals surface area contributed by atoms with Crippen molar-refractivity contribution in [3.63, 3.8) is 0 Å². The molecule has 0 unspecified atom stereocenters. The molecule has 1 aliphatic carbocycles. The molecule has 1 atom stereocenters. The zero-order chi connectivity index (χ0) is 13.0. The molecular weight excluding hydrogens is 292 g/mol. The topological polar surface area (TPSA) is 41.1 Å². The van der Waals surface area contributed by atoms with Gasteiger partial charge in [0.2, 0.25) is 5.91 Å². The van der Waals surface area contributed by atoms with Crippen molar-refractivity contribution in [2.24, 2.45) is 0 Å². The van der Waals surface area contributed by atoms with Gasteiger partial charge in [-0.3, -0.25) is 4.79 Å². The zero-order valence-electron chi connectivity index (χ0n) is 10.6. The van der Waals surface area contributed by atoms with Crippen molar-refractivity contribution in [3.8, 4) is 0 Å². The Morgan fingerprint density at radius 3 is 2.78 bits per heavy atom. The molecule has 0 spiro atoms. The summed E-state index contributed by atoms with van der Waals surface area (Å²) in [6.45, 7) is 2.51. The number of carbonyl (C=O) groups is 1. The number of amides is 1. The van der Waals surface area contributed by atoms with Gasteiger partial charge < -0.3 is 10.6 Å². The van der Waals surface area contributed by atoms with E-state index in [2.05, 4.69) is 39.6 Å². The monoisotopic (exact) mass is 310 g/mol. The number of halogens is 1. The Balaban J connectivity index is 1.88. The fourth-order valence-corrected chi connectivity index (χ4v) is 2.52. The van der Waals surface area contributed by atoms with Gasteiger partial charge in [-0.15, -0.1) is 0 Å². The predicted octanol–water partition coefficient (Wildman–Crippen LogP) is 2.77. The number of hydrogen-bond donors (Lipinski definition) is 2. The second-order valence-electron chi connectivity index (χ2n) is 4.71. The lowest BCUT2D eigenvalue weighted by atomic mass is 10.0. The average Bonchev–Trinajstić information content (AvgIpc) is 3.16. The van der Waals surface area contributed by atoms with Crippen LogP contribution in [0.15, 0.2) is 28.7 Å². The van der Waals surface area contributed by atoms with Crippen LogP contribution in [-0.4, -0.2) is 18.5 Å². The zero-order valence-corrected chi connectivity index (χ0v) is 12.2. The van der Waals surface area contributed by atoms with Crippen molar-refractivity contribution in [2.45, 2.75) is 38.3 Å². The van der Waals surface area contributed by atoms with Gasteiger partial charge in [0.05, 0.1) is 6.54 Å². The van der Waals surface area contributed by atoms with Crippen LogP contribution in [0.4, 0.5) is 0 Å². The van der Waals surface area contributed by atoms with E-state index in [0.29, 0.717) is 12.6 Å². The Morgan fingerprint density at radius 2 is 2.17 bits per heavy atom. The lowest BCUT2D eigenvalue weighted by molar-refractivity contribution is -0.120. The summed E-state index contributed by atoms with van der Waals surface area (Å²) in [5.41, 5.74) is 1.21. The smallest absolute Gasteiger partial charge is 0.234 e. The van der Waals surface area contributed by atoms with Crippen LogP contribution in [0.5, 0.6) is 0 Å². The molecule has 1 amide bonds. The lowest BCUT2D eigenvalue weighted by Crippen LogP contribution is -2.36. The highest BCUT2D eigenvalue weighted by molar-refractivity contribution is 9.10. The second kappa shape index (κ2) is 6.34. The first-order valence-electron chi connectivity index (χ1n) is 6.48. The quantitative estimate of drug-likeness (QED) is 0.848. The van der Waals surface area contributed by atoms with E-state index >= 15 is 0 Å². The first-order valence-corrected chi connectivity index (χ1v) is 7.27. The van der Waals surface area contributed by atoms with E-state index in [1.165, 1.54) is 5.56 Å². The highest BCUT2D eigenvalue weighted by atomic mass is 79.9. The fraction of sp³-hybridized carbons (Fsp3) is 0.500. The fourth-order valence-electron chi connectivity index (χ4n) is 1.95. The van der Waals surface area contributed by atoms with Crippen molar-refractivity contribution < 1.29 is 4.79 Å². The van der Waals surface area contributed by atoms with Crippen molar-refractivity contribution >= 4 is 21.8 Å². The number of rotatable bonds is 6. The Kier molecular flexibility index (Phi) is 4.78. The average molecular weight is 311 g/mol. The molecule has 18 heavy (non-hydrogen) atoms. The van der Waals surface area contributed by atoms with Gasteiger partial charge in [-0.25, -0.2) is 0 Å². The standard InChI is InChI=1S/C14H19BrN2O/c1-2-13(11-5-3-4-6-12(11)15)16-9-14(18)17-10-7-8-10/h3-6,10,13,16H,2,7-9H2,1H3,(H,17,18)/t13-/m0/s1. The van der Waals surface area contributed by atoms with Gasteiger partial charge >= 0.3 is 0 Å². The van der Waals surface area contributed by atoms with Crippen LogP contribution >= 0.6 is 15.9 Å². The highest BCUT2D eigenvalue weighted by Crippen LogP contribution is 2.25. The first-order chi connectivity index (χ1) is 8.70. The van der Waals surface area contributed by atoms with E-state index in [1.807, 2.05) is 18.2 Å². The molecule has 1 aromatic carbocycles. The molecule has 0 aliphatic heterocycles. The van der Waals surface area contributed by atoms with Crippen LogP contribution in [0.2, 0.25) is 0 Å². The minimum absolute atomic E-state index is 0.100. The van der Waals surface area contributed by atoms with E-state index in [0.717, 1.165) is 23.7 Å². The molecule has 0 bridgehead atoms. The maximum Gasteiger partial charge on any atom is 0.234 e. The van der Waals surface area contributed by atoms with Gasteiger partial charge in [0.25, 0.3) is 0 Å². The Hall–Kier alpha value is -0.870. The Labute approximate surface area is 116 Å². The van der Waals surface area contributed by atoms with Crippen molar-refractivity contribution in [1.82, 2.24) is 10.6 Å². The van der Waals surface area contributed by atoms with Gasteiger partial charge in [-0.05, 0) is 30.9 Å². The van der Waals surface area contributed by atoms with Crippen LogP contribution in [-0.2, 0) is 4.79 Å². The van der Waals surface area contributed by atoms with Crippen LogP contribution < -0.4 is 10.6 Å². The molecule has 0 aromatic heterocycles. The van der Waals surface area contributed by atoms with Crippen LogP contribution in [0.3, 0.4) is 0 Å². The summed E-state index contributed by atoms with van der Waals surface area (Å²) in [7, 11) is 0. The third-order valence-electron chi connectivity index (χ3n) is 3.14. The van der Waals surface area contributed by atoms with Crippen molar-refractivity contribution in [1.29, 1.82) is 0 Å². The normalized spacial score (nSPS) is 16.3. The molecule has 0 radical (unpaired) electrons. The van der Waals surface area contributed by atoms with Gasteiger partial charge in [0.1, 0.15) is 0 Å². The molecule has 1 aliphatic rings. The summed E-state index contributed by atoms with van der Waals surface area (Å²) >= 11 is 3.55. The largest absolute Gasteiger partial charge is 0.352 e. The number of nitrogens with one attached hydrogen (secondary N) is 2. The number of carbonyl (C=O) groups excluding carboxylic acids is 1. The molecule has 4 heteroatoms. The highest BCUT2D eigenvalue weighted by Gasteiger charge is 2.23. The summed E-state index contributed by atoms with van der Waals surface area (Å²) in [5.74, 6) is 0.100. The molecule has 2 N–H and O–H groups in total. The molecule has 1 saturated carbocycles. The molecule has 2 rings (SSSR count). The number of hydrogen-bond acceptors (Lipinski definition) is 2. The molecule has 3 nitrogen and oxygen atoms in total. The predicted molar refractivity (Wildman–Crippen MR) is 76.3 cm³/mol. The van der Waals surface area contributed by atoms with Crippen LogP contribution in [0, 0.1) is 0 Å². The molecule has 0 saturated heterocycles. The summed E-state index contributed by atoms with van der Waals surface area (Å²) in [6, 6.07) is 8.79. The molecule has 98 valence electrons. The molecule has 1 fully saturated rings. The van der Waals surface area contributed by atoms with Gasteiger partial charge in [-0.1, -0.05) is 41.1 Å². The first kappa shape index (κ1) is 13.6. The summed E-state index contributed by atoms with van der Waals surface area (Å²) < 4.78 is 1.09. The van der Waals surface area contributed by atoms with Gasteiger partial charge in [0.15, 0.2) is 0 Å². The third-order valence-corrected chi connectivity index (χ3v) is 3.86. The molecular formula is C14H19BrN2O.